The van der Waals surface area contributed by atoms with Gasteiger partial charge in [-0.3, -0.25) is 4.79 Å². The molecule has 0 saturated carbocycles. The molecule has 12 heavy (non-hydrogen) atoms. The van der Waals surface area contributed by atoms with Gasteiger partial charge in [0.25, 0.3) is 0 Å². The van der Waals surface area contributed by atoms with E-state index in [-0.39, 0.29) is 5.91 Å². The third kappa shape index (κ3) is 3.61. The summed E-state index contributed by atoms with van der Waals surface area (Å²) < 4.78 is -0.877. The van der Waals surface area contributed by atoms with Crippen LogP contribution in [-0.2, 0) is 9.59 Å². The van der Waals surface area contributed by atoms with E-state index in [1.807, 2.05) is 0 Å². The first kappa shape index (κ1) is 11.3. The lowest BCUT2D eigenvalue weighted by atomic mass is 10.0. The molecule has 0 fully saturated rings. The second kappa shape index (κ2) is 3.80. The highest BCUT2D eigenvalue weighted by molar-refractivity contribution is 7.81. The van der Waals surface area contributed by atoms with Crippen molar-refractivity contribution in [1.82, 2.24) is 5.32 Å². The number of aliphatic carboxylic acids is 1. The van der Waals surface area contributed by atoms with Gasteiger partial charge in [-0.05, 0) is 13.8 Å². The molecular formula is C7H12NO3S. The molecule has 4 nitrogen and oxygen atoms in total. The van der Waals surface area contributed by atoms with E-state index in [1.54, 1.807) is 13.8 Å². The van der Waals surface area contributed by atoms with Crippen molar-refractivity contribution in [3.8, 4) is 0 Å². The predicted molar refractivity (Wildman–Crippen MR) is 46.9 cm³/mol. The molecule has 0 aliphatic heterocycles. The third-order valence-electron chi connectivity index (χ3n) is 1.29. The summed E-state index contributed by atoms with van der Waals surface area (Å²) in [4.78, 5) is 21.2. The number of hydrogen-bond donors (Lipinski definition) is 2. The highest BCUT2D eigenvalue weighted by Gasteiger charge is 2.33. The highest BCUT2D eigenvalue weighted by atomic mass is 32.1. The van der Waals surface area contributed by atoms with Crippen molar-refractivity contribution in [3.05, 3.63) is 0 Å². The van der Waals surface area contributed by atoms with E-state index in [9.17, 15) is 9.59 Å². The Balaban J connectivity index is 4.46. The fourth-order valence-corrected chi connectivity index (χ4v) is 0.896. The summed E-state index contributed by atoms with van der Waals surface area (Å²) in [5, 5.41) is 11.0. The van der Waals surface area contributed by atoms with Gasteiger partial charge in [0.05, 0.1) is 4.75 Å². The van der Waals surface area contributed by atoms with Crippen molar-refractivity contribution in [1.29, 1.82) is 0 Å². The Morgan fingerprint density at radius 1 is 1.50 bits per heavy atom. The number of hydrogen-bond acceptors (Lipinski definition) is 2. The van der Waals surface area contributed by atoms with Crippen molar-refractivity contribution in [2.75, 3.05) is 0 Å². The van der Waals surface area contributed by atoms with Crippen LogP contribution in [0.4, 0.5) is 0 Å². The van der Waals surface area contributed by atoms with Crippen LogP contribution < -0.4 is 5.32 Å². The molecule has 0 aliphatic rings. The van der Waals surface area contributed by atoms with Gasteiger partial charge in [-0.2, -0.15) is 0 Å². The molecule has 0 bridgehead atoms. The average Bonchev–Trinajstić information content (AvgIpc) is 1.79. The number of carboxylic acid groups (broad SMARTS) is 1. The van der Waals surface area contributed by atoms with Crippen LogP contribution in [0.15, 0.2) is 0 Å². The van der Waals surface area contributed by atoms with Crippen LogP contribution in [0, 0.1) is 0 Å². The number of carbonyl (C=O) groups excluding carboxylic acids is 1. The molecular weight excluding hydrogens is 178 g/mol. The average molecular weight is 190 g/mol. The summed E-state index contributed by atoms with van der Waals surface area (Å²) in [6, 6.07) is -1.01. The van der Waals surface area contributed by atoms with Crippen LogP contribution in [0.2, 0.25) is 0 Å². The first-order valence-corrected chi connectivity index (χ1v) is 3.86. The van der Waals surface area contributed by atoms with E-state index < -0.39 is 16.8 Å². The molecule has 0 rings (SSSR count). The van der Waals surface area contributed by atoms with Crippen LogP contribution in [-0.4, -0.2) is 27.8 Å². The van der Waals surface area contributed by atoms with Crippen molar-refractivity contribution in [2.24, 2.45) is 0 Å². The SMILES string of the molecule is CC(=O)NC(C(=O)O)C(C)(C)[S]. The molecule has 0 heterocycles. The molecule has 5 heteroatoms. The lowest BCUT2D eigenvalue weighted by Gasteiger charge is -2.25. The summed E-state index contributed by atoms with van der Waals surface area (Å²) in [5.74, 6) is -1.49. The second-order valence-electron chi connectivity index (χ2n) is 3.08. The molecule has 2 N–H and O–H groups in total. The van der Waals surface area contributed by atoms with Crippen LogP contribution in [0.25, 0.3) is 0 Å². The lowest BCUT2D eigenvalue weighted by molar-refractivity contribution is -0.142. The minimum atomic E-state index is -1.11. The Hall–Kier alpha value is -0.710. The van der Waals surface area contributed by atoms with Gasteiger partial charge in [-0.25, -0.2) is 4.79 Å². The fourth-order valence-electron chi connectivity index (χ4n) is 0.736. The Morgan fingerprint density at radius 2 is 1.92 bits per heavy atom. The first-order chi connectivity index (χ1) is 5.25. The van der Waals surface area contributed by atoms with E-state index in [0.29, 0.717) is 0 Å². The maximum atomic E-state index is 10.6. The molecule has 1 atom stereocenters. The van der Waals surface area contributed by atoms with Crippen molar-refractivity contribution >= 4 is 24.5 Å². The van der Waals surface area contributed by atoms with Crippen LogP contribution in [0.5, 0.6) is 0 Å². The summed E-state index contributed by atoms with van der Waals surface area (Å²) in [6.45, 7) is 4.42. The number of carbonyl (C=O) groups is 2. The van der Waals surface area contributed by atoms with Crippen molar-refractivity contribution < 1.29 is 14.7 Å². The van der Waals surface area contributed by atoms with Gasteiger partial charge in [0.15, 0.2) is 0 Å². The van der Waals surface area contributed by atoms with E-state index in [1.165, 1.54) is 6.92 Å². The van der Waals surface area contributed by atoms with Crippen molar-refractivity contribution in [2.45, 2.75) is 31.6 Å². The maximum absolute atomic E-state index is 10.6. The third-order valence-corrected chi connectivity index (χ3v) is 1.53. The molecule has 0 aromatic carbocycles. The summed E-state index contributed by atoms with van der Waals surface area (Å²) in [6.07, 6.45) is 0. The largest absolute Gasteiger partial charge is 0.480 e. The Kier molecular flexibility index (Phi) is 3.57. The van der Waals surface area contributed by atoms with E-state index >= 15 is 0 Å². The maximum Gasteiger partial charge on any atom is 0.327 e. The fraction of sp³-hybridized carbons (Fsp3) is 0.714. The minimum absolute atomic E-state index is 0.389. The summed E-state index contributed by atoms with van der Waals surface area (Å²) in [5.41, 5.74) is 0. The zero-order chi connectivity index (χ0) is 9.94. The van der Waals surface area contributed by atoms with Gasteiger partial charge in [0, 0.05) is 6.92 Å². The number of carboxylic acids is 1. The topological polar surface area (TPSA) is 66.4 Å². The molecule has 0 spiro atoms. The lowest BCUT2D eigenvalue weighted by Crippen LogP contribution is -2.50. The van der Waals surface area contributed by atoms with Gasteiger partial charge in [-0.15, -0.1) is 0 Å². The van der Waals surface area contributed by atoms with E-state index in [2.05, 4.69) is 5.32 Å². The van der Waals surface area contributed by atoms with Gasteiger partial charge >= 0.3 is 5.97 Å². The summed E-state index contributed by atoms with van der Waals surface area (Å²) in [7, 11) is 0. The molecule has 0 aromatic rings. The van der Waals surface area contributed by atoms with Crippen LogP contribution in [0.3, 0.4) is 0 Å². The Morgan fingerprint density at radius 3 is 2.00 bits per heavy atom. The van der Waals surface area contributed by atoms with Crippen LogP contribution in [0.1, 0.15) is 20.8 Å². The van der Waals surface area contributed by atoms with Crippen LogP contribution >= 0.6 is 12.6 Å². The first-order valence-electron chi connectivity index (χ1n) is 3.45. The standard InChI is InChI=1S/C7H12NO3S/c1-4(9)8-5(6(10)11)7(2,3)12/h5H,1-3H3,(H,8,9)(H,10,11). The quantitative estimate of drug-likeness (QED) is 0.683. The Bertz CT molecular complexity index is 197. The predicted octanol–water partition coefficient (Wildman–Crippen LogP) is 0.552. The minimum Gasteiger partial charge on any atom is -0.480 e. The smallest absolute Gasteiger partial charge is 0.327 e. The van der Waals surface area contributed by atoms with E-state index in [4.69, 9.17) is 17.7 Å². The number of nitrogens with one attached hydrogen (secondary N) is 1. The molecule has 1 radical (unpaired) electrons. The molecule has 0 aliphatic carbocycles. The monoisotopic (exact) mass is 190 g/mol. The molecule has 69 valence electrons. The van der Waals surface area contributed by atoms with Gasteiger partial charge in [-0.1, -0.05) is 12.6 Å². The molecule has 1 unspecified atom stereocenters. The van der Waals surface area contributed by atoms with Gasteiger partial charge < -0.3 is 10.4 Å². The number of rotatable bonds is 3. The van der Waals surface area contributed by atoms with E-state index in [0.717, 1.165) is 0 Å². The summed E-state index contributed by atoms with van der Waals surface area (Å²) >= 11 is 4.91. The molecule has 0 aromatic heterocycles. The Labute approximate surface area is 76.8 Å². The van der Waals surface area contributed by atoms with Crippen molar-refractivity contribution in [3.63, 3.8) is 0 Å². The zero-order valence-electron chi connectivity index (χ0n) is 7.25. The number of amides is 1. The zero-order valence-corrected chi connectivity index (χ0v) is 8.07. The highest BCUT2D eigenvalue weighted by Crippen LogP contribution is 2.17. The van der Waals surface area contributed by atoms with Gasteiger partial charge in [0.1, 0.15) is 6.04 Å². The second-order valence-corrected chi connectivity index (χ2v) is 4.13. The normalized spacial score (nSPS) is 13.7. The molecule has 1 amide bonds. The molecule has 0 saturated heterocycles. The van der Waals surface area contributed by atoms with Gasteiger partial charge in [0.2, 0.25) is 5.91 Å².